The van der Waals surface area contributed by atoms with E-state index >= 15 is 0 Å². The Morgan fingerprint density at radius 1 is 1.39 bits per heavy atom. The molecule has 1 aromatic heterocycles. The van der Waals surface area contributed by atoms with Gasteiger partial charge in [-0.3, -0.25) is 0 Å². The molecule has 4 nitrogen and oxygen atoms in total. The molecule has 0 atom stereocenters. The standard InChI is InChI=1S/C9H8F5NO3/c1-17-5-2-15-6(8(10)11)7(4(5)3-16)18-9(12,13)14/h2,8,16H,3H2,1H3. The second-order valence-corrected chi connectivity index (χ2v) is 3.03. The quantitative estimate of drug-likeness (QED) is 0.856. The molecule has 0 aliphatic carbocycles. The number of ether oxygens (including phenoxy) is 2. The summed E-state index contributed by atoms with van der Waals surface area (Å²) in [4.78, 5) is 3.13. The zero-order valence-electron chi connectivity index (χ0n) is 8.96. The third-order valence-electron chi connectivity index (χ3n) is 1.93. The predicted octanol–water partition coefficient (Wildman–Crippen LogP) is 2.42. The van der Waals surface area contributed by atoms with E-state index in [1.807, 2.05) is 0 Å². The summed E-state index contributed by atoms with van der Waals surface area (Å²) in [7, 11) is 1.09. The molecule has 0 saturated carbocycles. The van der Waals surface area contributed by atoms with Crippen molar-refractivity contribution in [1.82, 2.24) is 4.98 Å². The first-order valence-corrected chi connectivity index (χ1v) is 4.50. The number of hydrogen-bond donors (Lipinski definition) is 1. The lowest BCUT2D eigenvalue weighted by Crippen LogP contribution is -2.20. The Bertz CT molecular complexity index is 421. The van der Waals surface area contributed by atoms with E-state index in [-0.39, 0.29) is 5.75 Å². The number of nitrogens with zero attached hydrogens (tertiary/aromatic N) is 1. The Balaban J connectivity index is 3.38. The molecule has 1 heterocycles. The normalized spacial score (nSPS) is 11.8. The van der Waals surface area contributed by atoms with Crippen molar-refractivity contribution in [1.29, 1.82) is 0 Å². The van der Waals surface area contributed by atoms with Gasteiger partial charge in [0.2, 0.25) is 0 Å². The van der Waals surface area contributed by atoms with E-state index in [0.29, 0.717) is 0 Å². The van der Waals surface area contributed by atoms with Gasteiger partial charge in [-0.2, -0.15) is 0 Å². The van der Waals surface area contributed by atoms with Gasteiger partial charge in [-0.25, -0.2) is 13.8 Å². The van der Waals surface area contributed by atoms with Gasteiger partial charge >= 0.3 is 6.36 Å². The zero-order chi connectivity index (χ0) is 13.9. The largest absolute Gasteiger partial charge is 0.573 e. The Morgan fingerprint density at radius 3 is 2.39 bits per heavy atom. The second-order valence-electron chi connectivity index (χ2n) is 3.03. The van der Waals surface area contributed by atoms with Crippen molar-refractivity contribution in [3.8, 4) is 11.5 Å². The van der Waals surface area contributed by atoms with E-state index in [1.54, 1.807) is 0 Å². The fraction of sp³-hybridized carbons (Fsp3) is 0.444. The van der Waals surface area contributed by atoms with Crippen LogP contribution in [0, 0.1) is 0 Å². The van der Waals surface area contributed by atoms with Gasteiger partial charge in [-0.1, -0.05) is 0 Å². The molecule has 1 aromatic rings. The maximum Gasteiger partial charge on any atom is 0.573 e. The van der Waals surface area contributed by atoms with Crippen LogP contribution in [0.15, 0.2) is 6.20 Å². The van der Waals surface area contributed by atoms with Gasteiger partial charge in [0.1, 0.15) is 11.4 Å². The third-order valence-corrected chi connectivity index (χ3v) is 1.93. The Kier molecular flexibility index (Phi) is 4.28. The van der Waals surface area contributed by atoms with Crippen molar-refractivity contribution in [2.45, 2.75) is 19.4 Å². The Labute approximate surface area is 98.0 Å². The van der Waals surface area contributed by atoms with Crippen molar-refractivity contribution in [3.63, 3.8) is 0 Å². The van der Waals surface area contributed by atoms with Gasteiger partial charge in [0.25, 0.3) is 6.43 Å². The molecule has 0 saturated heterocycles. The average molecular weight is 273 g/mol. The Morgan fingerprint density at radius 2 is 2.00 bits per heavy atom. The third kappa shape index (κ3) is 3.19. The molecular weight excluding hydrogens is 265 g/mol. The molecule has 0 spiro atoms. The molecule has 18 heavy (non-hydrogen) atoms. The maximum atomic E-state index is 12.5. The van der Waals surface area contributed by atoms with E-state index < -0.39 is 36.4 Å². The van der Waals surface area contributed by atoms with E-state index in [1.165, 1.54) is 0 Å². The molecule has 0 aliphatic heterocycles. The van der Waals surface area contributed by atoms with Crippen molar-refractivity contribution >= 4 is 0 Å². The van der Waals surface area contributed by atoms with Gasteiger partial charge in [-0.15, -0.1) is 13.2 Å². The van der Waals surface area contributed by atoms with Crippen LogP contribution in [0.3, 0.4) is 0 Å². The maximum absolute atomic E-state index is 12.5. The van der Waals surface area contributed by atoms with Crippen molar-refractivity contribution in [3.05, 3.63) is 17.5 Å². The number of hydrogen-bond acceptors (Lipinski definition) is 4. The average Bonchev–Trinajstić information content (AvgIpc) is 2.25. The SMILES string of the molecule is COc1cnc(C(F)F)c(OC(F)(F)F)c1CO. The predicted molar refractivity (Wildman–Crippen MR) is 48.4 cm³/mol. The fourth-order valence-electron chi connectivity index (χ4n) is 1.24. The van der Waals surface area contributed by atoms with Crippen LogP contribution >= 0.6 is 0 Å². The molecule has 1 rings (SSSR count). The summed E-state index contributed by atoms with van der Waals surface area (Å²) in [5, 5.41) is 8.93. The van der Waals surface area contributed by atoms with Crippen molar-refractivity contribution < 1.29 is 36.5 Å². The van der Waals surface area contributed by atoms with Gasteiger partial charge in [0.15, 0.2) is 5.75 Å². The highest BCUT2D eigenvalue weighted by molar-refractivity contribution is 5.46. The van der Waals surface area contributed by atoms with Crippen molar-refractivity contribution in [2.75, 3.05) is 7.11 Å². The van der Waals surface area contributed by atoms with Crippen LogP contribution in [0.1, 0.15) is 17.7 Å². The van der Waals surface area contributed by atoms with Crippen LogP contribution in [-0.2, 0) is 6.61 Å². The molecule has 9 heteroatoms. The van der Waals surface area contributed by atoms with Gasteiger partial charge < -0.3 is 14.6 Å². The highest BCUT2D eigenvalue weighted by Crippen LogP contribution is 2.38. The lowest BCUT2D eigenvalue weighted by molar-refractivity contribution is -0.275. The van der Waals surface area contributed by atoms with Crippen LogP contribution in [0.25, 0.3) is 0 Å². The second kappa shape index (κ2) is 5.34. The minimum absolute atomic E-state index is 0.277. The number of alkyl halides is 5. The number of aromatic nitrogens is 1. The highest BCUT2D eigenvalue weighted by atomic mass is 19.4. The molecule has 1 N–H and O–H groups in total. The summed E-state index contributed by atoms with van der Waals surface area (Å²) in [5.41, 5.74) is -1.75. The van der Waals surface area contributed by atoms with Gasteiger partial charge in [0, 0.05) is 0 Å². The lowest BCUT2D eigenvalue weighted by Gasteiger charge is -2.17. The van der Waals surface area contributed by atoms with Crippen LogP contribution in [0.2, 0.25) is 0 Å². The van der Waals surface area contributed by atoms with Crippen molar-refractivity contribution in [2.24, 2.45) is 0 Å². The molecule has 0 amide bonds. The molecular formula is C9H8F5NO3. The summed E-state index contributed by atoms with van der Waals surface area (Å²) in [5.74, 6) is -1.51. The number of aliphatic hydroxyl groups is 1. The minimum atomic E-state index is -5.18. The zero-order valence-corrected chi connectivity index (χ0v) is 8.96. The smallest absolute Gasteiger partial charge is 0.495 e. The molecule has 0 fully saturated rings. The van der Waals surface area contributed by atoms with Crippen LogP contribution in [0.4, 0.5) is 22.0 Å². The van der Waals surface area contributed by atoms with Crippen LogP contribution in [-0.4, -0.2) is 23.6 Å². The van der Waals surface area contributed by atoms with Crippen LogP contribution in [0.5, 0.6) is 11.5 Å². The minimum Gasteiger partial charge on any atom is -0.495 e. The van der Waals surface area contributed by atoms with E-state index in [2.05, 4.69) is 14.5 Å². The number of pyridine rings is 1. The summed E-state index contributed by atoms with van der Waals surface area (Å²) < 4.78 is 69.5. The fourth-order valence-corrected chi connectivity index (χ4v) is 1.24. The first kappa shape index (κ1) is 14.4. The van der Waals surface area contributed by atoms with E-state index in [0.717, 1.165) is 13.3 Å². The van der Waals surface area contributed by atoms with Gasteiger partial charge in [-0.05, 0) is 0 Å². The first-order chi connectivity index (χ1) is 8.30. The molecule has 0 unspecified atom stereocenters. The number of rotatable bonds is 4. The topological polar surface area (TPSA) is 51.6 Å². The summed E-state index contributed by atoms with van der Waals surface area (Å²) in [6.45, 7) is -0.961. The molecule has 0 aliphatic rings. The monoisotopic (exact) mass is 273 g/mol. The number of aliphatic hydroxyl groups excluding tert-OH is 1. The summed E-state index contributed by atoms with van der Waals surface area (Å²) in [6, 6.07) is 0. The lowest BCUT2D eigenvalue weighted by atomic mass is 10.2. The molecule has 0 radical (unpaired) electrons. The summed E-state index contributed by atoms with van der Waals surface area (Å²) >= 11 is 0. The highest BCUT2D eigenvalue weighted by Gasteiger charge is 2.36. The Hall–Kier alpha value is -1.64. The molecule has 0 aromatic carbocycles. The van der Waals surface area contributed by atoms with E-state index in [4.69, 9.17) is 5.11 Å². The number of methoxy groups -OCH3 is 1. The summed E-state index contributed by atoms with van der Waals surface area (Å²) in [6.07, 6.45) is -7.67. The number of halogens is 5. The van der Waals surface area contributed by atoms with E-state index in [9.17, 15) is 22.0 Å². The van der Waals surface area contributed by atoms with Gasteiger partial charge in [0.05, 0.1) is 25.5 Å². The first-order valence-electron chi connectivity index (χ1n) is 4.50. The molecule has 102 valence electrons. The molecule has 0 bridgehead atoms. The van der Waals surface area contributed by atoms with Crippen LogP contribution < -0.4 is 9.47 Å².